The summed E-state index contributed by atoms with van der Waals surface area (Å²) in [4.78, 5) is 12.1. The maximum atomic E-state index is 12.1. The summed E-state index contributed by atoms with van der Waals surface area (Å²) in [5.41, 5.74) is 5.50. The number of hydrogen-bond donors (Lipinski definition) is 1. The van der Waals surface area contributed by atoms with Crippen LogP contribution >= 0.6 is 11.8 Å². The minimum atomic E-state index is -0.586. The zero-order valence-electron chi connectivity index (χ0n) is 14.2. The number of thioether (sulfide) groups is 1. The van der Waals surface area contributed by atoms with E-state index >= 15 is 0 Å². The molecule has 0 aliphatic heterocycles. The smallest absolute Gasteiger partial charge is 0.365 e. The summed E-state index contributed by atoms with van der Waals surface area (Å²) >= 11 is 1.01. The first-order valence-electron chi connectivity index (χ1n) is 7.67. The Morgan fingerprint density at radius 3 is 2.58 bits per heavy atom. The van der Waals surface area contributed by atoms with E-state index in [0.717, 1.165) is 28.7 Å². The van der Waals surface area contributed by atoms with E-state index in [2.05, 4.69) is 26.1 Å². The number of nitrogens with zero attached hydrogens (tertiary/aromatic N) is 5. The molecule has 0 saturated heterocycles. The van der Waals surface area contributed by atoms with Crippen LogP contribution < -0.4 is 5.43 Å². The molecule has 3 rings (SSSR count). The molecule has 1 N–H and O–H groups in total. The molecule has 1 aromatic heterocycles. The lowest BCUT2D eigenvalue weighted by molar-refractivity contribution is -0.132. The Bertz CT molecular complexity index is 909. The predicted octanol–water partition coefficient (Wildman–Crippen LogP) is 2.66. The number of esters is 1. The van der Waals surface area contributed by atoms with Gasteiger partial charge in [-0.2, -0.15) is 9.78 Å². The van der Waals surface area contributed by atoms with Crippen LogP contribution in [0.3, 0.4) is 0 Å². The van der Waals surface area contributed by atoms with Crippen LogP contribution in [-0.2, 0) is 9.53 Å². The van der Waals surface area contributed by atoms with E-state index in [1.807, 2.05) is 61.5 Å². The van der Waals surface area contributed by atoms with Crippen LogP contribution in [0, 0.1) is 6.92 Å². The van der Waals surface area contributed by atoms with Gasteiger partial charge in [-0.05, 0) is 53.4 Å². The van der Waals surface area contributed by atoms with Gasteiger partial charge < -0.3 is 4.74 Å². The van der Waals surface area contributed by atoms with Crippen LogP contribution in [0.1, 0.15) is 5.56 Å². The lowest BCUT2D eigenvalue weighted by Crippen LogP contribution is -2.15. The molecule has 2 aromatic carbocycles. The fourth-order valence-corrected chi connectivity index (χ4v) is 2.74. The number of tetrazole rings is 1. The van der Waals surface area contributed by atoms with E-state index in [9.17, 15) is 4.79 Å². The van der Waals surface area contributed by atoms with E-state index in [-0.39, 0.29) is 5.04 Å². The zero-order chi connectivity index (χ0) is 18.4. The van der Waals surface area contributed by atoms with Crippen molar-refractivity contribution in [3.05, 3.63) is 60.2 Å². The van der Waals surface area contributed by atoms with Crippen LogP contribution in [0.4, 0.5) is 5.69 Å². The van der Waals surface area contributed by atoms with Gasteiger partial charge in [-0.25, -0.2) is 4.79 Å². The molecule has 0 aliphatic rings. The standard InChI is InChI=1S/C17H16N6O2S/c1-12-8-10-13(11-9-12)18-19-15(16(24)25-2)26-17-20-21-22-23(17)14-6-4-3-5-7-14/h3-11,18H,1-2H3/b19-15-. The minimum Gasteiger partial charge on any atom is -0.464 e. The first-order chi connectivity index (χ1) is 12.7. The van der Waals surface area contributed by atoms with Gasteiger partial charge in [0.05, 0.1) is 18.5 Å². The quantitative estimate of drug-likeness (QED) is 0.249. The Labute approximate surface area is 154 Å². The number of benzene rings is 2. The maximum Gasteiger partial charge on any atom is 0.365 e. The Morgan fingerprint density at radius 2 is 1.88 bits per heavy atom. The third-order valence-corrected chi connectivity index (χ3v) is 4.22. The van der Waals surface area contributed by atoms with Crippen molar-refractivity contribution in [2.45, 2.75) is 12.1 Å². The summed E-state index contributed by atoms with van der Waals surface area (Å²) < 4.78 is 6.33. The second-order valence-corrected chi connectivity index (χ2v) is 6.15. The number of anilines is 1. The predicted molar refractivity (Wildman–Crippen MR) is 99.3 cm³/mol. The second kappa shape index (κ2) is 8.26. The SMILES string of the molecule is COC(=O)/C(=N/Nc1ccc(C)cc1)Sc1nnnn1-c1ccccc1. The maximum absolute atomic E-state index is 12.1. The molecule has 0 unspecified atom stereocenters. The van der Waals surface area contributed by atoms with E-state index in [1.165, 1.54) is 11.8 Å². The number of para-hydroxylation sites is 1. The summed E-state index contributed by atoms with van der Waals surface area (Å²) in [6.07, 6.45) is 0. The molecule has 0 aliphatic carbocycles. The molecule has 0 fully saturated rings. The molecule has 26 heavy (non-hydrogen) atoms. The number of nitrogens with one attached hydrogen (secondary N) is 1. The van der Waals surface area contributed by atoms with Crippen molar-refractivity contribution in [3.8, 4) is 5.69 Å². The third-order valence-electron chi connectivity index (χ3n) is 3.33. The van der Waals surface area contributed by atoms with Crippen LogP contribution in [0.2, 0.25) is 0 Å². The topological polar surface area (TPSA) is 94.3 Å². The van der Waals surface area contributed by atoms with Crippen molar-refractivity contribution in [1.29, 1.82) is 0 Å². The molecule has 8 nitrogen and oxygen atoms in total. The molecule has 0 spiro atoms. The summed E-state index contributed by atoms with van der Waals surface area (Å²) in [6, 6.07) is 17.0. The van der Waals surface area contributed by atoms with Crippen molar-refractivity contribution in [3.63, 3.8) is 0 Å². The zero-order valence-corrected chi connectivity index (χ0v) is 15.0. The molecular weight excluding hydrogens is 352 g/mol. The highest BCUT2D eigenvalue weighted by Gasteiger charge is 2.19. The number of aromatic nitrogens is 4. The van der Waals surface area contributed by atoms with Gasteiger partial charge in [-0.1, -0.05) is 35.9 Å². The highest BCUT2D eigenvalue weighted by molar-refractivity contribution is 8.15. The van der Waals surface area contributed by atoms with Gasteiger partial charge >= 0.3 is 5.97 Å². The Hall–Kier alpha value is -3.20. The summed E-state index contributed by atoms with van der Waals surface area (Å²) in [5.74, 6) is -0.586. The normalized spacial score (nSPS) is 11.2. The number of methoxy groups -OCH3 is 1. The number of carbonyl (C=O) groups is 1. The lowest BCUT2D eigenvalue weighted by atomic mass is 10.2. The molecule has 0 radical (unpaired) electrons. The van der Waals surface area contributed by atoms with Gasteiger partial charge in [0.1, 0.15) is 0 Å². The van der Waals surface area contributed by atoms with Crippen molar-refractivity contribution in [2.24, 2.45) is 5.10 Å². The van der Waals surface area contributed by atoms with Gasteiger partial charge in [0, 0.05) is 0 Å². The fourth-order valence-electron chi connectivity index (χ4n) is 2.00. The van der Waals surface area contributed by atoms with Gasteiger partial charge in [0.2, 0.25) is 10.2 Å². The molecular formula is C17H16N6O2S. The number of hydrazone groups is 1. The number of hydrogen-bond acceptors (Lipinski definition) is 8. The molecule has 0 bridgehead atoms. The molecule has 3 aromatic rings. The van der Waals surface area contributed by atoms with Gasteiger partial charge in [0.15, 0.2) is 0 Å². The van der Waals surface area contributed by atoms with Gasteiger partial charge in [-0.15, -0.1) is 5.10 Å². The first kappa shape index (κ1) is 17.6. The molecule has 0 saturated carbocycles. The van der Waals surface area contributed by atoms with Crippen molar-refractivity contribution >= 4 is 28.5 Å². The summed E-state index contributed by atoms with van der Waals surface area (Å²) in [5, 5.41) is 16.2. The number of aryl methyl sites for hydroxylation is 1. The molecule has 132 valence electrons. The number of carbonyl (C=O) groups excluding carboxylic acids is 1. The lowest BCUT2D eigenvalue weighted by Gasteiger charge is -2.06. The molecule has 9 heteroatoms. The average molecular weight is 368 g/mol. The first-order valence-corrected chi connectivity index (χ1v) is 8.49. The number of ether oxygens (including phenoxy) is 1. The van der Waals surface area contributed by atoms with Crippen LogP contribution in [0.15, 0.2) is 64.9 Å². The van der Waals surface area contributed by atoms with Gasteiger partial charge in [0.25, 0.3) is 0 Å². The fraction of sp³-hybridized carbons (Fsp3) is 0.118. The molecule has 0 amide bonds. The van der Waals surface area contributed by atoms with E-state index in [1.54, 1.807) is 0 Å². The van der Waals surface area contributed by atoms with Crippen molar-refractivity contribution in [1.82, 2.24) is 20.2 Å². The second-order valence-electron chi connectivity index (χ2n) is 5.20. The van der Waals surface area contributed by atoms with E-state index < -0.39 is 5.97 Å². The monoisotopic (exact) mass is 368 g/mol. The average Bonchev–Trinajstić information content (AvgIpc) is 3.14. The van der Waals surface area contributed by atoms with Crippen LogP contribution in [0.25, 0.3) is 5.69 Å². The Balaban J connectivity index is 1.84. The number of rotatable bonds is 4. The molecule has 0 atom stereocenters. The summed E-state index contributed by atoms with van der Waals surface area (Å²) in [7, 11) is 1.30. The van der Waals surface area contributed by atoms with E-state index in [0.29, 0.717) is 5.16 Å². The van der Waals surface area contributed by atoms with Crippen molar-refractivity contribution in [2.75, 3.05) is 12.5 Å². The third kappa shape index (κ3) is 4.25. The van der Waals surface area contributed by atoms with Gasteiger partial charge in [-0.3, -0.25) is 5.43 Å². The van der Waals surface area contributed by atoms with E-state index in [4.69, 9.17) is 4.74 Å². The highest BCUT2D eigenvalue weighted by Crippen LogP contribution is 2.21. The van der Waals surface area contributed by atoms with Crippen LogP contribution in [-0.4, -0.2) is 38.3 Å². The van der Waals surface area contributed by atoms with Crippen LogP contribution in [0.5, 0.6) is 0 Å². The van der Waals surface area contributed by atoms with Crippen molar-refractivity contribution < 1.29 is 9.53 Å². The Kier molecular flexibility index (Phi) is 5.59. The largest absolute Gasteiger partial charge is 0.464 e. The minimum absolute atomic E-state index is 0.0834. The highest BCUT2D eigenvalue weighted by atomic mass is 32.2. The Morgan fingerprint density at radius 1 is 1.15 bits per heavy atom. The molecule has 1 heterocycles. The summed E-state index contributed by atoms with van der Waals surface area (Å²) in [6.45, 7) is 1.99.